The van der Waals surface area contributed by atoms with Gasteiger partial charge in [0.25, 0.3) is 5.91 Å². The van der Waals surface area contributed by atoms with Gasteiger partial charge in [0.05, 0.1) is 30.3 Å². The molecule has 3 aromatic heterocycles. The number of ether oxygens (including phenoxy) is 1. The number of carbonyl (C=O) groups excluding carboxylic acids is 1. The van der Waals surface area contributed by atoms with E-state index in [1.165, 1.54) is 6.33 Å². The molecule has 3 aromatic rings. The van der Waals surface area contributed by atoms with Crippen LogP contribution in [0, 0.1) is 6.92 Å². The molecule has 0 saturated heterocycles. The molecule has 0 radical (unpaired) electrons. The van der Waals surface area contributed by atoms with E-state index in [1.807, 2.05) is 11.8 Å². The molecule has 0 atom stereocenters. The van der Waals surface area contributed by atoms with Crippen molar-refractivity contribution in [3.8, 4) is 5.88 Å². The molecule has 32 heavy (non-hydrogen) atoms. The molecule has 1 aliphatic heterocycles. The van der Waals surface area contributed by atoms with Crippen LogP contribution in [0.3, 0.4) is 0 Å². The van der Waals surface area contributed by atoms with Crippen LogP contribution < -0.4 is 10.1 Å². The van der Waals surface area contributed by atoms with E-state index in [2.05, 4.69) is 27.2 Å². The van der Waals surface area contributed by atoms with Gasteiger partial charge in [0.1, 0.15) is 23.7 Å². The number of fused-ring (bicyclic) bond motifs is 2. The molecule has 1 N–H and O–H groups in total. The fourth-order valence-corrected chi connectivity index (χ4v) is 4.43. The van der Waals surface area contributed by atoms with Gasteiger partial charge in [-0.15, -0.1) is 0 Å². The number of furan rings is 1. The van der Waals surface area contributed by atoms with Gasteiger partial charge in [-0.3, -0.25) is 4.79 Å². The van der Waals surface area contributed by atoms with E-state index in [1.54, 1.807) is 7.11 Å². The molecule has 9 heteroatoms. The summed E-state index contributed by atoms with van der Waals surface area (Å²) in [4.78, 5) is 33.7. The molecule has 0 spiro atoms. The van der Waals surface area contributed by atoms with Gasteiger partial charge in [0.2, 0.25) is 11.6 Å². The average Bonchev–Trinajstić information content (AvgIpc) is 3.71. The zero-order valence-corrected chi connectivity index (χ0v) is 18.6. The van der Waals surface area contributed by atoms with Crippen LogP contribution in [0.1, 0.15) is 71.7 Å². The van der Waals surface area contributed by atoms with Crippen molar-refractivity contribution in [3.63, 3.8) is 0 Å². The third-order valence-corrected chi connectivity index (χ3v) is 6.77. The van der Waals surface area contributed by atoms with Crippen molar-refractivity contribution in [2.45, 2.75) is 64.0 Å². The average molecular weight is 435 g/mol. The molecule has 6 rings (SSSR count). The van der Waals surface area contributed by atoms with Gasteiger partial charge in [-0.05, 0) is 46.0 Å². The van der Waals surface area contributed by atoms with Gasteiger partial charge < -0.3 is 19.4 Å². The largest absolute Gasteiger partial charge is 0.481 e. The van der Waals surface area contributed by atoms with Crippen molar-refractivity contribution in [1.82, 2.24) is 24.8 Å². The lowest BCUT2D eigenvalue weighted by Gasteiger charge is -2.29. The molecule has 0 aromatic carbocycles. The lowest BCUT2D eigenvalue weighted by atomic mass is 10.0. The van der Waals surface area contributed by atoms with E-state index >= 15 is 0 Å². The molecule has 3 aliphatic rings. The summed E-state index contributed by atoms with van der Waals surface area (Å²) >= 11 is 0. The van der Waals surface area contributed by atoms with Gasteiger partial charge in [-0.1, -0.05) is 0 Å². The summed E-state index contributed by atoms with van der Waals surface area (Å²) in [6, 6.07) is 0. The number of nitrogens with zero attached hydrogens (tertiary/aromatic N) is 5. The van der Waals surface area contributed by atoms with Crippen molar-refractivity contribution >= 4 is 22.8 Å². The Bertz CT molecular complexity index is 1240. The van der Waals surface area contributed by atoms with Crippen LogP contribution >= 0.6 is 0 Å². The van der Waals surface area contributed by atoms with Crippen LogP contribution in [0.5, 0.6) is 5.88 Å². The van der Waals surface area contributed by atoms with Gasteiger partial charge in [0.15, 0.2) is 0 Å². The van der Waals surface area contributed by atoms with Crippen molar-refractivity contribution < 1.29 is 13.9 Å². The van der Waals surface area contributed by atoms with E-state index in [0.29, 0.717) is 59.5 Å². The Kier molecular flexibility index (Phi) is 4.18. The standard InChI is InChI=1S/C23H26N6O3/c1-12-16(17-19(28-23(2)7-8-23)24-11-25-21(17)32-12)22(30)29-9-6-14-15(10-29)26-18(13-4-5-13)27-20(14)31-3/h11,13H,4-10H2,1-3H3,(H,24,25,28). The molecule has 0 bridgehead atoms. The third kappa shape index (κ3) is 3.18. The molecule has 4 heterocycles. The van der Waals surface area contributed by atoms with Gasteiger partial charge >= 0.3 is 0 Å². The van der Waals surface area contributed by atoms with Gasteiger partial charge in [-0.2, -0.15) is 4.98 Å². The fourth-order valence-electron chi connectivity index (χ4n) is 4.43. The Labute approximate surface area is 185 Å². The van der Waals surface area contributed by atoms with Crippen molar-refractivity contribution in [2.75, 3.05) is 19.0 Å². The van der Waals surface area contributed by atoms with E-state index < -0.39 is 0 Å². The first-order valence-corrected chi connectivity index (χ1v) is 11.2. The number of aryl methyl sites for hydroxylation is 1. The maximum absolute atomic E-state index is 13.7. The molecule has 1 amide bonds. The first-order valence-electron chi connectivity index (χ1n) is 11.2. The van der Waals surface area contributed by atoms with Crippen LogP contribution in [0.25, 0.3) is 11.1 Å². The molecule has 9 nitrogen and oxygen atoms in total. The minimum atomic E-state index is -0.0868. The van der Waals surface area contributed by atoms with Crippen LogP contribution in [0.2, 0.25) is 0 Å². The predicted octanol–water partition coefficient (Wildman–Crippen LogP) is 3.37. The highest BCUT2D eigenvalue weighted by molar-refractivity contribution is 6.10. The number of methoxy groups -OCH3 is 1. The first kappa shape index (κ1) is 19.5. The van der Waals surface area contributed by atoms with Crippen molar-refractivity contribution in [2.24, 2.45) is 0 Å². The smallest absolute Gasteiger partial charge is 0.258 e. The molecule has 2 fully saturated rings. The van der Waals surface area contributed by atoms with Gasteiger partial charge in [0, 0.05) is 23.6 Å². The summed E-state index contributed by atoms with van der Waals surface area (Å²) in [7, 11) is 1.65. The SMILES string of the molecule is COc1nc(C2CC2)nc2c1CCN(C(=O)c1c(C)oc3ncnc(NC4(C)CC4)c13)C2. The second kappa shape index (κ2) is 6.88. The van der Waals surface area contributed by atoms with Crippen LogP contribution in [0.15, 0.2) is 10.7 Å². The second-order valence-corrected chi connectivity index (χ2v) is 9.39. The summed E-state index contributed by atoms with van der Waals surface area (Å²) in [5, 5.41) is 4.15. The van der Waals surface area contributed by atoms with Crippen LogP contribution in [-0.4, -0.2) is 49.9 Å². The Morgan fingerprint density at radius 2 is 2.09 bits per heavy atom. The number of nitrogens with one attached hydrogen (secondary N) is 1. The normalized spacial score (nSPS) is 19.0. The van der Waals surface area contributed by atoms with E-state index in [4.69, 9.17) is 14.1 Å². The summed E-state index contributed by atoms with van der Waals surface area (Å²) in [6.45, 7) is 4.95. The Morgan fingerprint density at radius 1 is 1.28 bits per heavy atom. The van der Waals surface area contributed by atoms with E-state index in [9.17, 15) is 4.79 Å². The summed E-state index contributed by atoms with van der Waals surface area (Å²) < 4.78 is 11.4. The second-order valence-electron chi connectivity index (χ2n) is 9.39. The minimum Gasteiger partial charge on any atom is -0.481 e. The Balaban J connectivity index is 1.36. The zero-order chi connectivity index (χ0) is 22.0. The van der Waals surface area contributed by atoms with Crippen molar-refractivity contribution in [3.05, 3.63) is 34.7 Å². The lowest BCUT2D eigenvalue weighted by Crippen LogP contribution is -2.37. The molecular weight excluding hydrogens is 408 g/mol. The van der Waals surface area contributed by atoms with E-state index in [-0.39, 0.29) is 11.4 Å². The summed E-state index contributed by atoms with van der Waals surface area (Å²) in [5.41, 5.74) is 2.86. The number of amides is 1. The zero-order valence-electron chi connectivity index (χ0n) is 18.6. The number of anilines is 1. The molecule has 166 valence electrons. The Morgan fingerprint density at radius 3 is 2.81 bits per heavy atom. The number of hydrogen-bond donors (Lipinski definition) is 1. The maximum atomic E-state index is 13.7. The monoisotopic (exact) mass is 434 g/mol. The summed E-state index contributed by atoms with van der Waals surface area (Å²) in [5.74, 6) is 3.02. The minimum absolute atomic E-state index is 0.0174. The summed E-state index contributed by atoms with van der Waals surface area (Å²) in [6.07, 6.45) is 6.51. The number of carbonyl (C=O) groups is 1. The highest BCUT2D eigenvalue weighted by atomic mass is 16.5. The number of hydrogen-bond acceptors (Lipinski definition) is 8. The van der Waals surface area contributed by atoms with Gasteiger partial charge in [-0.25, -0.2) is 15.0 Å². The van der Waals surface area contributed by atoms with Crippen LogP contribution in [-0.2, 0) is 13.0 Å². The number of rotatable bonds is 5. The first-order chi connectivity index (χ1) is 15.5. The predicted molar refractivity (Wildman–Crippen MR) is 117 cm³/mol. The van der Waals surface area contributed by atoms with E-state index in [0.717, 1.165) is 42.8 Å². The van der Waals surface area contributed by atoms with Crippen LogP contribution in [0.4, 0.5) is 5.82 Å². The maximum Gasteiger partial charge on any atom is 0.258 e. The third-order valence-electron chi connectivity index (χ3n) is 6.77. The highest BCUT2D eigenvalue weighted by Crippen LogP contribution is 2.41. The molecule has 2 saturated carbocycles. The lowest BCUT2D eigenvalue weighted by molar-refractivity contribution is 0.0730. The Hall–Kier alpha value is -3.23. The molecule has 2 aliphatic carbocycles. The molecular formula is C23H26N6O3. The topological polar surface area (TPSA) is 106 Å². The van der Waals surface area contributed by atoms with Crippen molar-refractivity contribution in [1.29, 1.82) is 0 Å². The number of aromatic nitrogens is 4. The fraction of sp³-hybridized carbons (Fsp3) is 0.522. The molecule has 0 unspecified atom stereocenters. The quantitative estimate of drug-likeness (QED) is 0.651. The highest BCUT2D eigenvalue weighted by Gasteiger charge is 2.39.